The van der Waals surface area contributed by atoms with Crippen molar-refractivity contribution >= 4 is 22.7 Å². The first-order valence-corrected chi connectivity index (χ1v) is 8.38. The number of nitrogens with zero attached hydrogens (tertiary/aromatic N) is 1. The largest absolute Gasteiger partial charge is 0.361 e. The Labute approximate surface area is 143 Å². The molecule has 2 amide bonds. The number of fused-ring (bicyclic) bond motifs is 1. The zero-order valence-electron chi connectivity index (χ0n) is 15.0. The molecule has 0 fully saturated rings. The van der Waals surface area contributed by atoms with Gasteiger partial charge in [-0.15, -0.1) is 0 Å². The van der Waals surface area contributed by atoms with Crippen LogP contribution in [0.2, 0.25) is 0 Å². The van der Waals surface area contributed by atoms with Gasteiger partial charge in [0.15, 0.2) is 0 Å². The highest BCUT2D eigenvalue weighted by Crippen LogP contribution is 2.18. The van der Waals surface area contributed by atoms with Gasteiger partial charge in [-0.25, -0.2) is 0 Å². The standard InChI is InChI=1S/C19H27N3O2/c1-14(23)22(12-10-20-18(24)19(2,3)4)11-9-15-13-21-17-8-6-5-7-16(15)17/h5-8,13,21H,9-12H2,1-4H3,(H,20,24). The van der Waals surface area contributed by atoms with Crippen LogP contribution < -0.4 is 5.32 Å². The molecule has 0 radical (unpaired) electrons. The number of rotatable bonds is 6. The van der Waals surface area contributed by atoms with Gasteiger partial charge in [0.25, 0.3) is 0 Å². The second kappa shape index (κ2) is 7.51. The molecular weight excluding hydrogens is 302 g/mol. The van der Waals surface area contributed by atoms with Crippen LogP contribution in [0.4, 0.5) is 0 Å². The Morgan fingerprint density at radius 1 is 1.17 bits per heavy atom. The van der Waals surface area contributed by atoms with Crippen LogP contribution in [0.3, 0.4) is 0 Å². The monoisotopic (exact) mass is 329 g/mol. The summed E-state index contributed by atoms with van der Waals surface area (Å²) >= 11 is 0. The molecule has 0 bridgehead atoms. The molecule has 1 heterocycles. The zero-order valence-corrected chi connectivity index (χ0v) is 15.0. The number of hydrogen-bond donors (Lipinski definition) is 2. The van der Waals surface area contributed by atoms with Gasteiger partial charge in [0.2, 0.25) is 11.8 Å². The van der Waals surface area contributed by atoms with Gasteiger partial charge in [-0.3, -0.25) is 9.59 Å². The lowest BCUT2D eigenvalue weighted by Crippen LogP contribution is -2.41. The van der Waals surface area contributed by atoms with E-state index in [1.54, 1.807) is 11.8 Å². The number of hydrogen-bond acceptors (Lipinski definition) is 2. The first-order valence-electron chi connectivity index (χ1n) is 8.38. The Morgan fingerprint density at radius 2 is 1.88 bits per heavy atom. The van der Waals surface area contributed by atoms with E-state index in [1.165, 1.54) is 10.9 Å². The summed E-state index contributed by atoms with van der Waals surface area (Å²) in [5, 5.41) is 4.09. The lowest BCUT2D eigenvalue weighted by molar-refractivity contribution is -0.131. The topological polar surface area (TPSA) is 65.2 Å². The molecule has 5 heteroatoms. The highest BCUT2D eigenvalue weighted by molar-refractivity contribution is 5.83. The first kappa shape index (κ1) is 18.0. The van der Waals surface area contributed by atoms with E-state index in [-0.39, 0.29) is 11.8 Å². The molecule has 2 N–H and O–H groups in total. The minimum absolute atomic E-state index is 0.00244. The van der Waals surface area contributed by atoms with Gasteiger partial charge in [0.05, 0.1) is 0 Å². The molecule has 2 rings (SSSR count). The average Bonchev–Trinajstić information content (AvgIpc) is 2.92. The Morgan fingerprint density at radius 3 is 2.54 bits per heavy atom. The van der Waals surface area contributed by atoms with Crippen molar-refractivity contribution in [3.05, 3.63) is 36.0 Å². The van der Waals surface area contributed by atoms with Crippen molar-refractivity contribution in [2.24, 2.45) is 5.41 Å². The molecule has 0 aliphatic rings. The maximum absolute atomic E-state index is 11.9. The maximum Gasteiger partial charge on any atom is 0.225 e. The average molecular weight is 329 g/mol. The molecule has 0 atom stereocenters. The van der Waals surface area contributed by atoms with Crippen molar-refractivity contribution in [2.75, 3.05) is 19.6 Å². The lowest BCUT2D eigenvalue weighted by atomic mass is 9.96. The van der Waals surface area contributed by atoms with Crippen LogP contribution in [0.15, 0.2) is 30.5 Å². The number of nitrogens with one attached hydrogen (secondary N) is 2. The van der Waals surface area contributed by atoms with E-state index in [4.69, 9.17) is 0 Å². The van der Waals surface area contributed by atoms with Crippen LogP contribution in [-0.4, -0.2) is 41.3 Å². The van der Waals surface area contributed by atoms with Crippen molar-refractivity contribution in [3.63, 3.8) is 0 Å². The van der Waals surface area contributed by atoms with Crippen molar-refractivity contribution in [2.45, 2.75) is 34.1 Å². The summed E-state index contributed by atoms with van der Waals surface area (Å²) < 4.78 is 0. The Kier molecular flexibility index (Phi) is 5.65. The summed E-state index contributed by atoms with van der Waals surface area (Å²) in [6, 6.07) is 8.15. The highest BCUT2D eigenvalue weighted by atomic mass is 16.2. The first-order chi connectivity index (χ1) is 11.3. The number of benzene rings is 1. The van der Waals surface area contributed by atoms with E-state index in [0.29, 0.717) is 19.6 Å². The van der Waals surface area contributed by atoms with Crippen LogP contribution in [0.5, 0.6) is 0 Å². The van der Waals surface area contributed by atoms with E-state index in [9.17, 15) is 9.59 Å². The molecule has 24 heavy (non-hydrogen) atoms. The third kappa shape index (κ3) is 4.60. The predicted molar refractivity (Wildman–Crippen MR) is 96.7 cm³/mol. The summed E-state index contributed by atoms with van der Waals surface area (Å²) in [5.74, 6) is 0.0301. The fourth-order valence-electron chi connectivity index (χ4n) is 2.59. The number of carbonyl (C=O) groups is 2. The maximum atomic E-state index is 11.9. The number of aromatic amines is 1. The SMILES string of the molecule is CC(=O)N(CCNC(=O)C(C)(C)C)CCc1c[nH]c2ccccc12. The molecule has 0 spiro atoms. The number of amides is 2. The fraction of sp³-hybridized carbons (Fsp3) is 0.474. The molecule has 0 saturated heterocycles. The van der Waals surface area contributed by atoms with Gasteiger partial charge in [0.1, 0.15) is 0 Å². The van der Waals surface area contributed by atoms with E-state index < -0.39 is 5.41 Å². The van der Waals surface area contributed by atoms with E-state index in [2.05, 4.69) is 16.4 Å². The van der Waals surface area contributed by atoms with E-state index in [1.807, 2.05) is 45.2 Å². The van der Waals surface area contributed by atoms with Crippen molar-refractivity contribution in [1.29, 1.82) is 0 Å². The molecule has 1 aromatic heterocycles. The minimum atomic E-state index is -0.412. The molecule has 0 aliphatic carbocycles. The third-order valence-electron chi connectivity index (χ3n) is 4.12. The summed E-state index contributed by atoms with van der Waals surface area (Å²) in [5.41, 5.74) is 1.90. The Hall–Kier alpha value is -2.30. The summed E-state index contributed by atoms with van der Waals surface area (Å²) in [6.45, 7) is 8.85. The number of H-pyrrole nitrogens is 1. The second-order valence-electron chi connectivity index (χ2n) is 7.12. The predicted octanol–water partition coefficient (Wildman–Crippen LogP) is 2.72. The molecule has 130 valence electrons. The van der Waals surface area contributed by atoms with Crippen molar-refractivity contribution in [1.82, 2.24) is 15.2 Å². The molecule has 0 unspecified atom stereocenters. The number of para-hydroxylation sites is 1. The van der Waals surface area contributed by atoms with Crippen LogP contribution in [-0.2, 0) is 16.0 Å². The van der Waals surface area contributed by atoms with E-state index in [0.717, 1.165) is 11.9 Å². The lowest BCUT2D eigenvalue weighted by Gasteiger charge is -2.23. The van der Waals surface area contributed by atoms with Gasteiger partial charge in [-0.05, 0) is 18.1 Å². The van der Waals surface area contributed by atoms with Gasteiger partial charge in [0, 0.05) is 49.1 Å². The Bertz CT molecular complexity index is 713. The third-order valence-corrected chi connectivity index (χ3v) is 4.12. The quantitative estimate of drug-likeness (QED) is 0.856. The number of aromatic nitrogens is 1. The van der Waals surface area contributed by atoms with Crippen LogP contribution in [0.1, 0.15) is 33.3 Å². The fourth-order valence-corrected chi connectivity index (χ4v) is 2.59. The molecular formula is C19H27N3O2. The highest BCUT2D eigenvalue weighted by Gasteiger charge is 2.20. The van der Waals surface area contributed by atoms with Crippen molar-refractivity contribution in [3.8, 4) is 0 Å². The van der Waals surface area contributed by atoms with Crippen molar-refractivity contribution < 1.29 is 9.59 Å². The van der Waals surface area contributed by atoms with Crippen LogP contribution in [0.25, 0.3) is 10.9 Å². The second-order valence-corrected chi connectivity index (χ2v) is 7.12. The molecule has 0 aliphatic heterocycles. The summed E-state index contributed by atoms with van der Waals surface area (Å²) in [7, 11) is 0. The minimum Gasteiger partial charge on any atom is -0.361 e. The summed E-state index contributed by atoms with van der Waals surface area (Å²) in [4.78, 5) is 28.8. The van der Waals surface area contributed by atoms with Gasteiger partial charge in [-0.1, -0.05) is 39.0 Å². The normalized spacial score (nSPS) is 11.5. The van der Waals surface area contributed by atoms with Crippen LogP contribution >= 0.6 is 0 Å². The zero-order chi connectivity index (χ0) is 17.7. The van der Waals surface area contributed by atoms with Gasteiger partial charge < -0.3 is 15.2 Å². The van der Waals surface area contributed by atoms with Gasteiger partial charge in [-0.2, -0.15) is 0 Å². The van der Waals surface area contributed by atoms with Crippen LogP contribution in [0, 0.1) is 5.41 Å². The number of carbonyl (C=O) groups excluding carboxylic acids is 2. The molecule has 2 aromatic rings. The molecule has 0 saturated carbocycles. The Balaban J connectivity index is 1.90. The smallest absolute Gasteiger partial charge is 0.225 e. The summed E-state index contributed by atoms with van der Waals surface area (Å²) in [6.07, 6.45) is 2.79. The van der Waals surface area contributed by atoms with E-state index >= 15 is 0 Å². The van der Waals surface area contributed by atoms with Gasteiger partial charge >= 0.3 is 0 Å². The molecule has 5 nitrogen and oxygen atoms in total. The molecule has 1 aromatic carbocycles.